The van der Waals surface area contributed by atoms with Gasteiger partial charge in [-0.1, -0.05) is 19.1 Å². The summed E-state index contributed by atoms with van der Waals surface area (Å²) in [5.74, 6) is 0.775. The van der Waals surface area contributed by atoms with Gasteiger partial charge in [-0.25, -0.2) is 13.4 Å². The summed E-state index contributed by atoms with van der Waals surface area (Å²) in [5.41, 5.74) is 1.75. The van der Waals surface area contributed by atoms with Crippen molar-refractivity contribution < 1.29 is 8.42 Å². The van der Waals surface area contributed by atoms with E-state index >= 15 is 0 Å². The predicted octanol–water partition coefficient (Wildman–Crippen LogP) is 2.18. The number of aliphatic imine (C=N–C) groups is 1. The van der Waals surface area contributed by atoms with Gasteiger partial charge in [0.05, 0.1) is 11.4 Å². The molecule has 0 spiro atoms. The number of nitrogens with zero attached hydrogens (tertiary/aromatic N) is 2. The SMILES string of the molecule is CCNC(=NCc1ccc(S(C)(=O)=O)c(C)c1)NCCN(CC)C(C)C. The summed E-state index contributed by atoms with van der Waals surface area (Å²) < 4.78 is 23.4. The molecule has 0 aromatic heterocycles. The third-order valence-electron chi connectivity index (χ3n) is 4.23. The first-order valence-electron chi connectivity index (χ1n) is 9.24. The van der Waals surface area contributed by atoms with Gasteiger partial charge < -0.3 is 10.6 Å². The molecule has 0 saturated carbocycles. The molecule has 7 heteroatoms. The minimum atomic E-state index is -3.19. The molecule has 0 saturated heterocycles. The van der Waals surface area contributed by atoms with E-state index in [0.29, 0.717) is 17.5 Å². The van der Waals surface area contributed by atoms with Gasteiger partial charge in [0.2, 0.25) is 0 Å². The van der Waals surface area contributed by atoms with E-state index < -0.39 is 9.84 Å². The van der Waals surface area contributed by atoms with Crippen molar-refractivity contribution in [3.63, 3.8) is 0 Å². The Bertz CT molecular complexity index is 699. The van der Waals surface area contributed by atoms with Crippen LogP contribution in [0.2, 0.25) is 0 Å². The van der Waals surface area contributed by atoms with Crippen LogP contribution in [0.3, 0.4) is 0 Å². The zero-order valence-corrected chi connectivity index (χ0v) is 17.8. The lowest BCUT2D eigenvalue weighted by molar-refractivity contribution is 0.237. The van der Waals surface area contributed by atoms with Crippen molar-refractivity contribution in [2.75, 3.05) is 32.4 Å². The zero-order chi connectivity index (χ0) is 19.7. The summed E-state index contributed by atoms with van der Waals surface area (Å²) in [6, 6.07) is 5.91. The van der Waals surface area contributed by atoms with Crippen LogP contribution >= 0.6 is 0 Å². The maximum atomic E-state index is 11.7. The van der Waals surface area contributed by atoms with Crippen LogP contribution in [0.25, 0.3) is 0 Å². The minimum Gasteiger partial charge on any atom is -0.357 e. The lowest BCUT2D eigenvalue weighted by Crippen LogP contribution is -2.43. The van der Waals surface area contributed by atoms with Crippen molar-refractivity contribution in [2.45, 2.75) is 52.1 Å². The fourth-order valence-corrected chi connectivity index (χ4v) is 3.80. The quantitative estimate of drug-likeness (QED) is 0.506. The van der Waals surface area contributed by atoms with E-state index in [1.165, 1.54) is 6.26 Å². The van der Waals surface area contributed by atoms with Crippen LogP contribution < -0.4 is 10.6 Å². The molecule has 0 atom stereocenters. The van der Waals surface area contributed by atoms with Crippen LogP contribution in [0, 0.1) is 6.92 Å². The highest BCUT2D eigenvalue weighted by Gasteiger charge is 2.11. The molecule has 0 aliphatic rings. The number of hydrogen-bond donors (Lipinski definition) is 2. The molecule has 1 rings (SSSR count). The minimum absolute atomic E-state index is 0.378. The lowest BCUT2D eigenvalue weighted by atomic mass is 10.1. The number of hydrogen-bond acceptors (Lipinski definition) is 4. The van der Waals surface area contributed by atoms with E-state index in [4.69, 9.17) is 0 Å². The number of aryl methyl sites for hydroxylation is 1. The molecule has 0 amide bonds. The van der Waals surface area contributed by atoms with E-state index in [1.807, 2.05) is 26.0 Å². The number of benzene rings is 1. The molecule has 1 aromatic carbocycles. The van der Waals surface area contributed by atoms with Crippen LogP contribution in [-0.4, -0.2) is 57.8 Å². The van der Waals surface area contributed by atoms with Gasteiger partial charge in [0.15, 0.2) is 15.8 Å². The molecule has 0 radical (unpaired) electrons. The first-order chi connectivity index (χ1) is 12.2. The third kappa shape index (κ3) is 7.33. The molecular formula is C19H34N4O2S. The largest absolute Gasteiger partial charge is 0.357 e. The Hall–Kier alpha value is -1.60. The summed E-state index contributed by atoms with van der Waals surface area (Å²) in [4.78, 5) is 7.38. The van der Waals surface area contributed by atoms with Crippen LogP contribution in [0.1, 0.15) is 38.8 Å². The number of likely N-dealkylation sites (N-methyl/N-ethyl adjacent to an activating group) is 1. The van der Waals surface area contributed by atoms with E-state index in [9.17, 15) is 8.42 Å². The van der Waals surface area contributed by atoms with Gasteiger partial charge in [0.1, 0.15) is 0 Å². The van der Waals surface area contributed by atoms with E-state index in [0.717, 1.165) is 43.3 Å². The molecule has 1 aromatic rings. The summed E-state index contributed by atoms with van der Waals surface area (Å²) in [5, 5.41) is 6.61. The van der Waals surface area contributed by atoms with Gasteiger partial charge in [-0.3, -0.25) is 4.90 Å². The van der Waals surface area contributed by atoms with Crippen molar-refractivity contribution in [3.8, 4) is 0 Å². The molecule has 6 nitrogen and oxygen atoms in total. The van der Waals surface area contributed by atoms with Gasteiger partial charge in [0.25, 0.3) is 0 Å². The highest BCUT2D eigenvalue weighted by atomic mass is 32.2. The highest BCUT2D eigenvalue weighted by Crippen LogP contribution is 2.17. The van der Waals surface area contributed by atoms with E-state index in [2.05, 4.69) is 41.3 Å². The van der Waals surface area contributed by atoms with Crippen molar-refractivity contribution in [1.29, 1.82) is 0 Å². The van der Waals surface area contributed by atoms with E-state index in [1.54, 1.807) is 6.07 Å². The highest BCUT2D eigenvalue weighted by molar-refractivity contribution is 7.90. The molecule has 148 valence electrons. The van der Waals surface area contributed by atoms with Crippen molar-refractivity contribution in [2.24, 2.45) is 4.99 Å². The van der Waals surface area contributed by atoms with Crippen LogP contribution in [-0.2, 0) is 16.4 Å². The number of nitrogens with one attached hydrogen (secondary N) is 2. The van der Waals surface area contributed by atoms with Gasteiger partial charge in [0, 0.05) is 31.9 Å². The van der Waals surface area contributed by atoms with Crippen LogP contribution in [0.5, 0.6) is 0 Å². The molecule has 0 aliphatic heterocycles. The average Bonchev–Trinajstić information content (AvgIpc) is 2.55. The predicted molar refractivity (Wildman–Crippen MR) is 109 cm³/mol. The first kappa shape index (κ1) is 22.4. The molecule has 0 bridgehead atoms. The monoisotopic (exact) mass is 382 g/mol. The van der Waals surface area contributed by atoms with Gasteiger partial charge in [-0.15, -0.1) is 0 Å². The van der Waals surface area contributed by atoms with Gasteiger partial charge >= 0.3 is 0 Å². The second kappa shape index (κ2) is 10.5. The fourth-order valence-electron chi connectivity index (χ4n) is 2.84. The van der Waals surface area contributed by atoms with Crippen LogP contribution in [0.4, 0.5) is 0 Å². The van der Waals surface area contributed by atoms with Crippen LogP contribution in [0.15, 0.2) is 28.1 Å². The van der Waals surface area contributed by atoms with E-state index in [-0.39, 0.29) is 0 Å². The van der Waals surface area contributed by atoms with Gasteiger partial charge in [-0.2, -0.15) is 0 Å². The Kier molecular flexibility index (Phi) is 9.08. The average molecular weight is 383 g/mol. The normalized spacial score (nSPS) is 12.7. The Morgan fingerprint density at radius 1 is 1.23 bits per heavy atom. The maximum absolute atomic E-state index is 11.7. The molecule has 0 unspecified atom stereocenters. The lowest BCUT2D eigenvalue weighted by Gasteiger charge is -2.25. The Morgan fingerprint density at radius 3 is 2.42 bits per heavy atom. The summed E-state index contributed by atoms with van der Waals surface area (Å²) in [7, 11) is -3.19. The summed E-state index contributed by atoms with van der Waals surface area (Å²) in [6.07, 6.45) is 1.23. The fraction of sp³-hybridized carbons (Fsp3) is 0.632. The Morgan fingerprint density at radius 2 is 1.92 bits per heavy atom. The second-order valence-corrected chi connectivity index (χ2v) is 8.70. The number of rotatable bonds is 9. The Labute approximate surface area is 159 Å². The molecular weight excluding hydrogens is 348 g/mol. The smallest absolute Gasteiger partial charge is 0.191 e. The number of sulfone groups is 1. The van der Waals surface area contributed by atoms with Gasteiger partial charge in [-0.05, 0) is 51.4 Å². The topological polar surface area (TPSA) is 73.8 Å². The molecule has 0 aliphatic carbocycles. The molecule has 0 heterocycles. The van der Waals surface area contributed by atoms with Crippen molar-refractivity contribution in [3.05, 3.63) is 29.3 Å². The van der Waals surface area contributed by atoms with Crippen molar-refractivity contribution >= 4 is 15.8 Å². The standard InChI is InChI=1S/C19H34N4O2S/c1-7-20-19(21-11-12-23(8-2)15(3)4)22-14-17-9-10-18(16(5)13-17)26(6,24)25/h9-10,13,15H,7-8,11-12,14H2,1-6H3,(H2,20,21,22). The molecule has 26 heavy (non-hydrogen) atoms. The summed E-state index contributed by atoms with van der Waals surface area (Å²) >= 11 is 0. The summed E-state index contributed by atoms with van der Waals surface area (Å²) in [6.45, 7) is 14.5. The van der Waals surface area contributed by atoms with Crippen molar-refractivity contribution in [1.82, 2.24) is 15.5 Å². The first-order valence-corrected chi connectivity index (χ1v) is 11.1. The molecule has 0 fully saturated rings. The number of guanidine groups is 1. The maximum Gasteiger partial charge on any atom is 0.191 e. The third-order valence-corrected chi connectivity index (χ3v) is 5.49. The second-order valence-electron chi connectivity index (χ2n) is 6.72. The Balaban J connectivity index is 2.73. The zero-order valence-electron chi connectivity index (χ0n) is 17.0. The molecule has 2 N–H and O–H groups in total.